The molecule has 2 nitrogen and oxygen atoms in total. The number of hydrogen-bond acceptors (Lipinski definition) is 3. The SMILES string of the molecule is CCc1nc(C)c(C(C)NCC2CCC2)s1. The summed E-state index contributed by atoms with van der Waals surface area (Å²) in [7, 11) is 0. The second kappa shape index (κ2) is 5.28. The minimum Gasteiger partial charge on any atom is -0.309 e. The van der Waals surface area contributed by atoms with Crippen LogP contribution in [0.25, 0.3) is 0 Å². The Morgan fingerprint density at radius 2 is 2.25 bits per heavy atom. The monoisotopic (exact) mass is 238 g/mol. The van der Waals surface area contributed by atoms with Crippen molar-refractivity contribution in [2.24, 2.45) is 5.92 Å². The van der Waals surface area contributed by atoms with E-state index in [2.05, 4.69) is 31.1 Å². The molecule has 0 spiro atoms. The molecule has 0 bridgehead atoms. The maximum atomic E-state index is 4.59. The van der Waals surface area contributed by atoms with Crippen molar-refractivity contribution in [3.63, 3.8) is 0 Å². The predicted molar refractivity (Wildman–Crippen MR) is 70.0 cm³/mol. The number of thiazole rings is 1. The van der Waals surface area contributed by atoms with Gasteiger partial charge in [-0.15, -0.1) is 11.3 Å². The molecule has 1 N–H and O–H groups in total. The molecule has 16 heavy (non-hydrogen) atoms. The molecule has 2 rings (SSSR count). The Bertz CT molecular complexity index is 342. The fraction of sp³-hybridized carbons (Fsp3) is 0.769. The Morgan fingerprint density at radius 1 is 1.50 bits per heavy atom. The highest BCUT2D eigenvalue weighted by Gasteiger charge is 2.19. The van der Waals surface area contributed by atoms with Crippen LogP contribution in [0.3, 0.4) is 0 Å². The van der Waals surface area contributed by atoms with Gasteiger partial charge in [0.2, 0.25) is 0 Å². The highest BCUT2D eigenvalue weighted by Crippen LogP contribution is 2.28. The lowest BCUT2D eigenvalue weighted by molar-refractivity contribution is 0.293. The molecule has 0 amide bonds. The van der Waals surface area contributed by atoms with Gasteiger partial charge in [0.1, 0.15) is 0 Å². The minimum atomic E-state index is 0.471. The van der Waals surface area contributed by atoms with Crippen LogP contribution in [0.1, 0.15) is 54.7 Å². The molecule has 1 unspecified atom stereocenters. The van der Waals surface area contributed by atoms with Crippen molar-refractivity contribution < 1.29 is 0 Å². The fourth-order valence-corrected chi connectivity index (χ4v) is 3.19. The molecule has 1 heterocycles. The van der Waals surface area contributed by atoms with Crippen molar-refractivity contribution in [2.75, 3.05) is 6.54 Å². The lowest BCUT2D eigenvalue weighted by Crippen LogP contribution is -2.29. The maximum absolute atomic E-state index is 4.59. The molecule has 0 aromatic carbocycles. The summed E-state index contributed by atoms with van der Waals surface area (Å²) in [6.45, 7) is 7.75. The molecule has 0 aliphatic heterocycles. The molecule has 0 saturated heterocycles. The molecule has 1 aromatic heterocycles. The zero-order chi connectivity index (χ0) is 11.5. The number of aromatic nitrogens is 1. The molecular weight excluding hydrogens is 216 g/mol. The number of aryl methyl sites for hydroxylation is 2. The summed E-state index contributed by atoms with van der Waals surface area (Å²) in [5.41, 5.74) is 1.22. The molecule has 90 valence electrons. The Kier molecular flexibility index (Phi) is 3.98. The zero-order valence-corrected chi connectivity index (χ0v) is 11.4. The van der Waals surface area contributed by atoms with E-state index in [9.17, 15) is 0 Å². The average molecular weight is 238 g/mol. The van der Waals surface area contributed by atoms with Crippen molar-refractivity contribution in [3.05, 3.63) is 15.6 Å². The van der Waals surface area contributed by atoms with E-state index < -0.39 is 0 Å². The predicted octanol–water partition coefficient (Wildman–Crippen LogP) is 3.46. The van der Waals surface area contributed by atoms with Crippen LogP contribution in [0.5, 0.6) is 0 Å². The van der Waals surface area contributed by atoms with Crippen molar-refractivity contribution in [1.29, 1.82) is 0 Å². The van der Waals surface area contributed by atoms with E-state index in [1.807, 2.05) is 11.3 Å². The smallest absolute Gasteiger partial charge is 0.0928 e. The van der Waals surface area contributed by atoms with Crippen molar-refractivity contribution >= 4 is 11.3 Å². The van der Waals surface area contributed by atoms with Gasteiger partial charge in [-0.2, -0.15) is 0 Å². The summed E-state index contributed by atoms with van der Waals surface area (Å²) in [5, 5.41) is 4.92. The van der Waals surface area contributed by atoms with Crippen LogP contribution >= 0.6 is 11.3 Å². The lowest BCUT2D eigenvalue weighted by Gasteiger charge is -2.27. The average Bonchev–Trinajstić information content (AvgIpc) is 2.57. The topological polar surface area (TPSA) is 24.9 Å². The van der Waals surface area contributed by atoms with Crippen molar-refractivity contribution in [3.8, 4) is 0 Å². The molecule has 3 heteroatoms. The first kappa shape index (κ1) is 12.1. The van der Waals surface area contributed by atoms with Gasteiger partial charge in [0.15, 0.2) is 0 Å². The molecule has 1 aliphatic rings. The van der Waals surface area contributed by atoms with Crippen molar-refractivity contribution in [1.82, 2.24) is 10.3 Å². The first-order valence-electron chi connectivity index (χ1n) is 6.40. The van der Waals surface area contributed by atoms with Crippen LogP contribution in [0.2, 0.25) is 0 Å². The van der Waals surface area contributed by atoms with Gasteiger partial charge >= 0.3 is 0 Å². The molecular formula is C13H22N2S. The van der Waals surface area contributed by atoms with Crippen LogP contribution in [0.4, 0.5) is 0 Å². The van der Waals surface area contributed by atoms with Gasteiger partial charge in [-0.05, 0) is 45.6 Å². The lowest BCUT2D eigenvalue weighted by atomic mass is 9.85. The van der Waals surface area contributed by atoms with E-state index in [0.29, 0.717) is 6.04 Å². The molecule has 1 saturated carbocycles. The van der Waals surface area contributed by atoms with Crippen LogP contribution in [0.15, 0.2) is 0 Å². The second-order valence-electron chi connectivity index (χ2n) is 4.84. The molecule has 1 aliphatic carbocycles. The highest BCUT2D eigenvalue weighted by atomic mass is 32.1. The van der Waals surface area contributed by atoms with Gasteiger partial charge in [0.05, 0.1) is 10.7 Å². The highest BCUT2D eigenvalue weighted by molar-refractivity contribution is 7.11. The summed E-state index contributed by atoms with van der Waals surface area (Å²) in [6, 6.07) is 0.471. The zero-order valence-electron chi connectivity index (χ0n) is 10.5. The van der Waals surface area contributed by atoms with E-state index in [-0.39, 0.29) is 0 Å². The van der Waals surface area contributed by atoms with Gasteiger partial charge in [-0.1, -0.05) is 13.3 Å². The van der Waals surface area contributed by atoms with Gasteiger partial charge in [0, 0.05) is 10.9 Å². The number of nitrogens with one attached hydrogen (secondary N) is 1. The second-order valence-corrected chi connectivity index (χ2v) is 5.95. The van der Waals surface area contributed by atoms with Gasteiger partial charge < -0.3 is 5.32 Å². The van der Waals surface area contributed by atoms with E-state index in [4.69, 9.17) is 0 Å². The number of nitrogens with zero attached hydrogens (tertiary/aromatic N) is 1. The summed E-state index contributed by atoms with van der Waals surface area (Å²) in [4.78, 5) is 6.02. The first-order chi connectivity index (χ1) is 7.70. The minimum absolute atomic E-state index is 0.471. The number of rotatable bonds is 5. The standard InChI is InChI=1S/C13H22N2S/c1-4-12-15-10(3)13(16-12)9(2)14-8-11-6-5-7-11/h9,11,14H,4-8H2,1-3H3. The third-order valence-corrected chi connectivity index (χ3v) is 4.99. The van der Waals surface area contributed by atoms with Crippen LogP contribution in [0, 0.1) is 12.8 Å². The van der Waals surface area contributed by atoms with E-state index in [1.54, 1.807) is 0 Å². The van der Waals surface area contributed by atoms with Crippen molar-refractivity contribution in [2.45, 2.75) is 52.5 Å². The maximum Gasteiger partial charge on any atom is 0.0928 e. The van der Waals surface area contributed by atoms with Crippen LogP contribution in [-0.2, 0) is 6.42 Å². The van der Waals surface area contributed by atoms with E-state index in [1.165, 1.54) is 41.4 Å². The third kappa shape index (κ3) is 2.64. The molecule has 1 atom stereocenters. The summed E-state index contributed by atoms with van der Waals surface area (Å²) in [5.74, 6) is 0.932. The van der Waals surface area contributed by atoms with Gasteiger partial charge in [-0.3, -0.25) is 0 Å². The first-order valence-corrected chi connectivity index (χ1v) is 7.22. The van der Waals surface area contributed by atoms with Gasteiger partial charge in [0.25, 0.3) is 0 Å². The third-order valence-electron chi connectivity index (χ3n) is 3.51. The molecule has 0 radical (unpaired) electrons. The van der Waals surface area contributed by atoms with Crippen LogP contribution in [-0.4, -0.2) is 11.5 Å². The Balaban J connectivity index is 1.90. The number of hydrogen-bond donors (Lipinski definition) is 1. The van der Waals surface area contributed by atoms with Crippen LogP contribution < -0.4 is 5.32 Å². The van der Waals surface area contributed by atoms with E-state index >= 15 is 0 Å². The summed E-state index contributed by atoms with van der Waals surface area (Å²) < 4.78 is 0. The largest absolute Gasteiger partial charge is 0.309 e. The van der Waals surface area contributed by atoms with E-state index in [0.717, 1.165) is 12.3 Å². The molecule has 1 aromatic rings. The summed E-state index contributed by atoms with van der Waals surface area (Å²) in [6.07, 6.45) is 5.32. The molecule has 1 fully saturated rings. The Morgan fingerprint density at radius 3 is 2.75 bits per heavy atom. The Labute approximate surface area is 102 Å². The fourth-order valence-electron chi connectivity index (χ4n) is 2.15. The quantitative estimate of drug-likeness (QED) is 0.849. The Hall–Kier alpha value is -0.410. The normalized spacial score (nSPS) is 18.4. The summed E-state index contributed by atoms with van der Waals surface area (Å²) >= 11 is 1.87. The van der Waals surface area contributed by atoms with Gasteiger partial charge in [-0.25, -0.2) is 4.98 Å².